The SMILES string of the molecule is CCCCOc1c(CN)n(CC(C)C)c(=O)c2ccc(-c3cnco3)cc12. The molecule has 3 aromatic rings. The molecule has 2 heterocycles. The van der Waals surface area contributed by atoms with E-state index >= 15 is 0 Å². The van der Waals surface area contributed by atoms with Crippen molar-refractivity contribution in [3.8, 4) is 17.1 Å². The second-order valence-electron chi connectivity index (χ2n) is 7.12. The van der Waals surface area contributed by atoms with Crippen LogP contribution in [0.5, 0.6) is 5.75 Å². The Hall–Kier alpha value is -2.60. The molecule has 0 aliphatic heterocycles. The summed E-state index contributed by atoms with van der Waals surface area (Å²) in [5, 5.41) is 1.40. The highest BCUT2D eigenvalue weighted by atomic mass is 16.5. The van der Waals surface area contributed by atoms with E-state index in [0.29, 0.717) is 36.0 Å². The van der Waals surface area contributed by atoms with Crippen LogP contribution in [-0.4, -0.2) is 16.2 Å². The minimum atomic E-state index is -0.0360. The van der Waals surface area contributed by atoms with Crippen molar-refractivity contribution in [2.24, 2.45) is 11.7 Å². The molecule has 6 heteroatoms. The number of oxazole rings is 1. The highest BCUT2D eigenvalue weighted by Gasteiger charge is 2.19. The molecule has 2 N–H and O–H groups in total. The first-order valence-corrected chi connectivity index (χ1v) is 9.48. The number of rotatable bonds is 8. The van der Waals surface area contributed by atoms with Crippen molar-refractivity contribution >= 4 is 10.8 Å². The molecule has 0 aliphatic rings. The van der Waals surface area contributed by atoms with Gasteiger partial charge in [0.15, 0.2) is 12.2 Å². The average molecular weight is 369 g/mol. The quantitative estimate of drug-likeness (QED) is 0.608. The third kappa shape index (κ3) is 3.90. The number of hydrogen-bond acceptors (Lipinski definition) is 5. The van der Waals surface area contributed by atoms with Crippen LogP contribution in [0.15, 0.2) is 40.0 Å². The van der Waals surface area contributed by atoms with Crippen LogP contribution in [0.1, 0.15) is 39.3 Å². The van der Waals surface area contributed by atoms with Gasteiger partial charge in [-0.3, -0.25) is 4.79 Å². The van der Waals surface area contributed by atoms with Crippen molar-refractivity contribution in [3.05, 3.63) is 46.8 Å². The van der Waals surface area contributed by atoms with Crippen LogP contribution in [-0.2, 0) is 13.1 Å². The minimum absolute atomic E-state index is 0.0360. The van der Waals surface area contributed by atoms with Crippen molar-refractivity contribution in [1.82, 2.24) is 9.55 Å². The van der Waals surface area contributed by atoms with E-state index in [-0.39, 0.29) is 12.1 Å². The summed E-state index contributed by atoms with van der Waals surface area (Å²) in [4.78, 5) is 17.1. The zero-order valence-electron chi connectivity index (χ0n) is 16.2. The lowest BCUT2D eigenvalue weighted by atomic mass is 10.0. The Morgan fingerprint density at radius 3 is 2.74 bits per heavy atom. The summed E-state index contributed by atoms with van der Waals surface area (Å²) in [7, 11) is 0. The molecule has 3 rings (SSSR count). The van der Waals surface area contributed by atoms with Gasteiger partial charge in [-0.1, -0.05) is 33.3 Å². The molecule has 0 aliphatic carbocycles. The van der Waals surface area contributed by atoms with Gasteiger partial charge in [0, 0.05) is 24.0 Å². The number of fused-ring (bicyclic) bond motifs is 1. The summed E-state index contributed by atoms with van der Waals surface area (Å²) in [6, 6.07) is 5.64. The summed E-state index contributed by atoms with van der Waals surface area (Å²) in [5.41, 5.74) is 7.61. The Morgan fingerprint density at radius 1 is 1.30 bits per heavy atom. The van der Waals surface area contributed by atoms with Crippen molar-refractivity contribution in [3.63, 3.8) is 0 Å². The van der Waals surface area contributed by atoms with Crippen LogP contribution in [0.4, 0.5) is 0 Å². The molecular weight excluding hydrogens is 342 g/mol. The normalized spacial score (nSPS) is 11.4. The van der Waals surface area contributed by atoms with Gasteiger partial charge >= 0.3 is 0 Å². The number of nitrogens with two attached hydrogens (primary N) is 1. The van der Waals surface area contributed by atoms with E-state index in [0.717, 1.165) is 29.5 Å². The summed E-state index contributed by atoms with van der Waals surface area (Å²) < 4.78 is 13.3. The zero-order valence-corrected chi connectivity index (χ0v) is 16.2. The second-order valence-corrected chi connectivity index (χ2v) is 7.12. The van der Waals surface area contributed by atoms with Gasteiger partial charge in [0.25, 0.3) is 5.56 Å². The van der Waals surface area contributed by atoms with E-state index in [1.165, 1.54) is 6.39 Å². The van der Waals surface area contributed by atoms with Crippen LogP contribution < -0.4 is 16.0 Å². The fourth-order valence-corrected chi connectivity index (χ4v) is 3.22. The van der Waals surface area contributed by atoms with Gasteiger partial charge in [-0.15, -0.1) is 0 Å². The molecule has 0 fully saturated rings. The molecule has 2 aromatic heterocycles. The molecule has 0 bridgehead atoms. The van der Waals surface area contributed by atoms with Crippen LogP contribution in [0.2, 0.25) is 0 Å². The maximum absolute atomic E-state index is 13.1. The molecule has 0 amide bonds. The molecule has 0 radical (unpaired) electrons. The van der Waals surface area contributed by atoms with Gasteiger partial charge < -0.3 is 19.5 Å². The molecule has 0 saturated carbocycles. The number of ether oxygens (including phenoxy) is 1. The van der Waals surface area contributed by atoms with E-state index in [2.05, 4.69) is 25.8 Å². The number of hydrogen-bond donors (Lipinski definition) is 1. The lowest BCUT2D eigenvalue weighted by Crippen LogP contribution is -2.28. The number of aromatic nitrogens is 2. The van der Waals surface area contributed by atoms with E-state index in [9.17, 15) is 4.79 Å². The molecule has 0 atom stereocenters. The topological polar surface area (TPSA) is 83.3 Å². The first-order valence-electron chi connectivity index (χ1n) is 9.48. The Balaban J connectivity index is 2.25. The first kappa shape index (κ1) is 19.2. The molecule has 0 saturated heterocycles. The molecule has 144 valence electrons. The standard InChI is InChI=1S/C21H27N3O3/c1-4-5-8-26-20-17-9-15(19-11-23-13-27-19)6-7-16(17)21(25)24(12-14(2)3)18(20)10-22/h6-7,9,11,13-14H,4-5,8,10,12,22H2,1-3H3. The molecule has 0 spiro atoms. The van der Waals surface area contributed by atoms with Gasteiger partial charge in [0.1, 0.15) is 5.75 Å². The van der Waals surface area contributed by atoms with Crippen LogP contribution in [0.25, 0.3) is 22.1 Å². The Labute approximate surface area is 159 Å². The summed E-state index contributed by atoms with van der Waals surface area (Å²) >= 11 is 0. The van der Waals surface area contributed by atoms with E-state index < -0.39 is 0 Å². The van der Waals surface area contributed by atoms with Gasteiger partial charge in [-0.2, -0.15) is 0 Å². The average Bonchev–Trinajstić information content (AvgIpc) is 3.19. The van der Waals surface area contributed by atoms with Crippen molar-refractivity contribution in [2.75, 3.05) is 6.61 Å². The van der Waals surface area contributed by atoms with Crippen LogP contribution >= 0.6 is 0 Å². The maximum Gasteiger partial charge on any atom is 0.258 e. The van der Waals surface area contributed by atoms with E-state index in [1.807, 2.05) is 18.2 Å². The highest BCUT2D eigenvalue weighted by molar-refractivity contribution is 5.91. The van der Waals surface area contributed by atoms with Crippen LogP contribution in [0.3, 0.4) is 0 Å². The molecular formula is C21H27N3O3. The molecule has 6 nitrogen and oxygen atoms in total. The number of pyridine rings is 1. The smallest absolute Gasteiger partial charge is 0.258 e. The molecule has 1 aromatic carbocycles. The molecule has 27 heavy (non-hydrogen) atoms. The monoisotopic (exact) mass is 369 g/mol. The Morgan fingerprint density at radius 2 is 2.11 bits per heavy atom. The van der Waals surface area contributed by atoms with E-state index in [4.69, 9.17) is 14.9 Å². The van der Waals surface area contributed by atoms with Gasteiger partial charge in [-0.05, 0) is 24.5 Å². The third-order valence-electron chi connectivity index (χ3n) is 4.53. The van der Waals surface area contributed by atoms with Gasteiger partial charge in [0.05, 0.1) is 23.9 Å². The second kappa shape index (κ2) is 8.39. The predicted molar refractivity (Wildman–Crippen MR) is 107 cm³/mol. The number of nitrogens with zero attached hydrogens (tertiary/aromatic N) is 2. The fraction of sp³-hybridized carbons (Fsp3) is 0.429. The van der Waals surface area contributed by atoms with Crippen molar-refractivity contribution in [2.45, 2.75) is 46.7 Å². The largest absolute Gasteiger partial charge is 0.491 e. The minimum Gasteiger partial charge on any atom is -0.491 e. The van der Waals surface area contributed by atoms with Gasteiger partial charge in [-0.25, -0.2) is 4.98 Å². The Bertz CT molecular complexity index is 959. The summed E-state index contributed by atoms with van der Waals surface area (Å²) in [5.74, 6) is 1.67. The van der Waals surface area contributed by atoms with Crippen molar-refractivity contribution in [1.29, 1.82) is 0 Å². The molecule has 0 unspecified atom stereocenters. The predicted octanol–water partition coefficient (Wildman–Crippen LogP) is 3.95. The lowest BCUT2D eigenvalue weighted by Gasteiger charge is -2.20. The Kier molecular flexibility index (Phi) is 5.96. The van der Waals surface area contributed by atoms with E-state index in [1.54, 1.807) is 10.8 Å². The third-order valence-corrected chi connectivity index (χ3v) is 4.53. The van der Waals surface area contributed by atoms with Crippen LogP contribution in [0, 0.1) is 5.92 Å². The highest BCUT2D eigenvalue weighted by Crippen LogP contribution is 2.32. The summed E-state index contributed by atoms with van der Waals surface area (Å²) in [6.45, 7) is 7.72. The van der Waals surface area contributed by atoms with Crippen molar-refractivity contribution < 1.29 is 9.15 Å². The lowest BCUT2D eigenvalue weighted by molar-refractivity contribution is 0.304. The number of benzene rings is 1. The number of unbranched alkanes of at least 4 members (excludes halogenated alkanes) is 1. The maximum atomic E-state index is 13.1. The first-order chi connectivity index (χ1) is 13.1. The van der Waals surface area contributed by atoms with Gasteiger partial charge in [0.2, 0.25) is 0 Å². The fourth-order valence-electron chi connectivity index (χ4n) is 3.22. The summed E-state index contributed by atoms with van der Waals surface area (Å²) in [6.07, 6.45) is 5.02. The zero-order chi connectivity index (χ0) is 19.4.